The van der Waals surface area contributed by atoms with Crippen LogP contribution in [0.15, 0.2) is 12.1 Å². The predicted molar refractivity (Wildman–Crippen MR) is 82.4 cm³/mol. The number of benzene rings is 1. The molecule has 1 aliphatic heterocycles. The van der Waals surface area contributed by atoms with Gasteiger partial charge >= 0.3 is 0 Å². The molecule has 0 aromatic heterocycles. The van der Waals surface area contributed by atoms with Crippen LogP contribution in [0.4, 0.5) is 0 Å². The summed E-state index contributed by atoms with van der Waals surface area (Å²) in [5.74, 6) is 0.926. The number of hydrogen-bond donors (Lipinski definition) is 2. The summed E-state index contributed by atoms with van der Waals surface area (Å²) >= 11 is 6.09. The Balaban J connectivity index is 1.67. The molecule has 3 rings (SSSR count). The SMILES string of the molecule is CC(C)C(O)C1(CNC(=O)c2cc(Cl)c3c(c2)OCO3)CC1. The van der Waals surface area contributed by atoms with E-state index in [1.54, 1.807) is 12.1 Å². The first-order valence-corrected chi connectivity index (χ1v) is 7.86. The summed E-state index contributed by atoms with van der Waals surface area (Å²) < 4.78 is 10.5. The molecule has 5 nitrogen and oxygen atoms in total. The summed E-state index contributed by atoms with van der Waals surface area (Å²) in [6, 6.07) is 3.20. The first kappa shape index (κ1) is 15.4. The number of aliphatic hydroxyl groups is 1. The Morgan fingerprint density at radius 1 is 1.41 bits per heavy atom. The highest BCUT2D eigenvalue weighted by Gasteiger charge is 2.49. The van der Waals surface area contributed by atoms with Crippen molar-refractivity contribution in [3.05, 3.63) is 22.7 Å². The van der Waals surface area contributed by atoms with Crippen LogP contribution in [0.25, 0.3) is 0 Å². The first-order chi connectivity index (χ1) is 10.4. The van der Waals surface area contributed by atoms with Gasteiger partial charge in [-0.2, -0.15) is 0 Å². The van der Waals surface area contributed by atoms with Crippen LogP contribution in [0.3, 0.4) is 0 Å². The van der Waals surface area contributed by atoms with E-state index in [0.717, 1.165) is 12.8 Å². The second kappa shape index (κ2) is 5.63. The van der Waals surface area contributed by atoms with E-state index in [4.69, 9.17) is 21.1 Å². The molecule has 1 saturated carbocycles. The minimum Gasteiger partial charge on any atom is -0.454 e. The lowest BCUT2D eigenvalue weighted by atomic mass is 9.90. The zero-order valence-electron chi connectivity index (χ0n) is 12.7. The van der Waals surface area contributed by atoms with E-state index in [1.165, 1.54) is 0 Å². The molecular weight excluding hydrogens is 306 g/mol. The number of carbonyl (C=O) groups is 1. The van der Waals surface area contributed by atoms with Gasteiger partial charge in [-0.15, -0.1) is 0 Å². The highest BCUT2D eigenvalue weighted by atomic mass is 35.5. The molecule has 1 amide bonds. The number of hydrogen-bond acceptors (Lipinski definition) is 4. The Hall–Kier alpha value is -1.46. The van der Waals surface area contributed by atoms with Crippen molar-refractivity contribution in [1.29, 1.82) is 0 Å². The summed E-state index contributed by atoms with van der Waals surface area (Å²) in [4.78, 5) is 12.3. The van der Waals surface area contributed by atoms with Crippen LogP contribution < -0.4 is 14.8 Å². The predicted octanol–water partition coefficient (Wildman–Crippen LogP) is 2.60. The molecule has 0 saturated heterocycles. The van der Waals surface area contributed by atoms with E-state index in [2.05, 4.69) is 5.32 Å². The van der Waals surface area contributed by atoms with Crippen molar-refractivity contribution in [3.63, 3.8) is 0 Å². The number of ether oxygens (including phenoxy) is 2. The van der Waals surface area contributed by atoms with Gasteiger partial charge in [-0.3, -0.25) is 4.79 Å². The van der Waals surface area contributed by atoms with Crippen LogP contribution in [0, 0.1) is 11.3 Å². The van der Waals surface area contributed by atoms with Crippen LogP contribution >= 0.6 is 11.6 Å². The van der Waals surface area contributed by atoms with Gasteiger partial charge in [0.2, 0.25) is 6.79 Å². The smallest absolute Gasteiger partial charge is 0.251 e. The molecule has 1 fully saturated rings. The monoisotopic (exact) mass is 325 g/mol. The minimum atomic E-state index is -0.395. The first-order valence-electron chi connectivity index (χ1n) is 7.48. The van der Waals surface area contributed by atoms with Gasteiger partial charge in [-0.05, 0) is 30.9 Å². The lowest BCUT2D eigenvalue weighted by Crippen LogP contribution is -2.38. The zero-order valence-corrected chi connectivity index (χ0v) is 13.4. The summed E-state index contributed by atoms with van der Waals surface area (Å²) in [6.45, 7) is 4.56. The van der Waals surface area contributed by atoms with Crippen molar-refractivity contribution in [2.75, 3.05) is 13.3 Å². The van der Waals surface area contributed by atoms with E-state index in [-0.39, 0.29) is 24.0 Å². The Morgan fingerprint density at radius 3 is 2.77 bits per heavy atom. The fourth-order valence-electron chi connectivity index (χ4n) is 2.90. The second-order valence-electron chi connectivity index (χ2n) is 6.43. The molecule has 0 spiro atoms. The van der Waals surface area contributed by atoms with Gasteiger partial charge in [0.15, 0.2) is 11.5 Å². The average molecular weight is 326 g/mol. The lowest BCUT2D eigenvalue weighted by Gasteiger charge is -2.25. The number of carbonyl (C=O) groups excluding carboxylic acids is 1. The number of halogens is 1. The van der Waals surface area contributed by atoms with Crippen LogP contribution in [-0.2, 0) is 0 Å². The molecule has 1 unspecified atom stereocenters. The zero-order chi connectivity index (χ0) is 15.9. The number of fused-ring (bicyclic) bond motifs is 1. The molecule has 2 N–H and O–H groups in total. The van der Waals surface area contributed by atoms with Gasteiger partial charge in [-0.1, -0.05) is 25.4 Å². The van der Waals surface area contributed by atoms with Crippen molar-refractivity contribution < 1.29 is 19.4 Å². The maximum absolute atomic E-state index is 12.3. The molecule has 0 bridgehead atoms. The second-order valence-corrected chi connectivity index (χ2v) is 6.83. The highest BCUT2D eigenvalue weighted by molar-refractivity contribution is 6.32. The van der Waals surface area contributed by atoms with E-state index in [0.29, 0.717) is 28.6 Å². The Kier molecular flexibility index (Phi) is 3.95. The summed E-state index contributed by atoms with van der Waals surface area (Å²) in [5, 5.41) is 13.5. The standard InChI is InChI=1S/C16H20ClNO4/c1-9(2)14(19)16(3-4-16)7-18-15(20)10-5-11(17)13-12(6-10)21-8-22-13/h5-6,9,14,19H,3-4,7-8H2,1-2H3,(H,18,20). The highest BCUT2D eigenvalue weighted by Crippen LogP contribution is 2.50. The van der Waals surface area contributed by atoms with Gasteiger partial charge in [0.1, 0.15) is 0 Å². The van der Waals surface area contributed by atoms with Crippen LogP contribution in [0.2, 0.25) is 5.02 Å². The van der Waals surface area contributed by atoms with E-state index in [1.807, 2.05) is 13.8 Å². The van der Waals surface area contributed by atoms with E-state index in [9.17, 15) is 9.90 Å². The number of nitrogens with one attached hydrogen (secondary N) is 1. The number of amides is 1. The summed E-state index contributed by atoms with van der Waals surface area (Å²) in [7, 11) is 0. The quantitative estimate of drug-likeness (QED) is 0.873. The molecule has 1 heterocycles. The molecule has 2 aliphatic rings. The normalized spacial score (nSPS) is 19.1. The maximum Gasteiger partial charge on any atom is 0.251 e. The number of rotatable bonds is 5. The Labute approximate surface area is 134 Å². The van der Waals surface area contributed by atoms with Crippen LogP contribution in [0.1, 0.15) is 37.0 Å². The molecule has 120 valence electrons. The van der Waals surface area contributed by atoms with Crippen LogP contribution in [-0.4, -0.2) is 30.5 Å². The van der Waals surface area contributed by atoms with E-state index >= 15 is 0 Å². The van der Waals surface area contributed by atoms with E-state index < -0.39 is 6.10 Å². The molecule has 1 atom stereocenters. The average Bonchev–Trinajstić information content (AvgIpc) is 3.12. The largest absolute Gasteiger partial charge is 0.454 e. The molecule has 22 heavy (non-hydrogen) atoms. The maximum atomic E-state index is 12.3. The van der Waals surface area contributed by atoms with Crippen molar-refractivity contribution in [1.82, 2.24) is 5.32 Å². The molecule has 0 radical (unpaired) electrons. The minimum absolute atomic E-state index is 0.115. The third-order valence-electron chi connectivity index (χ3n) is 4.44. The summed E-state index contributed by atoms with van der Waals surface area (Å²) in [6.07, 6.45) is 1.48. The topological polar surface area (TPSA) is 67.8 Å². The lowest BCUT2D eigenvalue weighted by molar-refractivity contribution is 0.0490. The van der Waals surface area contributed by atoms with Gasteiger partial charge in [-0.25, -0.2) is 0 Å². The van der Waals surface area contributed by atoms with Gasteiger partial charge in [0, 0.05) is 17.5 Å². The summed E-state index contributed by atoms with van der Waals surface area (Å²) in [5.41, 5.74) is 0.258. The van der Waals surface area contributed by atoms with Gasteiger partial charge in [0.05, 0.1) is 11.1 Å². The van der Waals surface area contributed by atoms with Gasteiger partial charge < -0.3 is 19.9 Å². The molecular formula is C16H20ClNO4. The van der Waals surface area contributed by atoms with Crippen molar-refractivity contribution in [3.8, 4) is 11.5 Å². The van der Waals surface area contributed by atoms with Crippen molar-refractivity contribution >= 4 is 17.5 Å². The third kappa shape index (κ3) is 2.75. The Morgan fingerprint density at radius 2 is 2.14 bits per heavy atom. The third-order valence-corrected chi connectivity index (χ3v) is 4.72. The molecule has 1 aliphatic carbocycles. The van der Waals surface area contributed by atoms with Gasteiger partial charge in [0.25, 0.3) is 5.91 Å². The fourth-order valence-corrected chi connectivity index (χ4v) is 3.17. The molecule has 6 heteroatoms. The number of aliphatic hydroxyl groups excluding tert-OH is 1. The van der Waals surface area contributed by atoms with Crippen LogP contribution in [0.5, 0.6) is 11.5 Å². The molecule has 1 aromatic rings. The Bertz CT molecular complexity index is 598. The van der Waals surface area contributed by atoms with Crippen molar-refractivity contribution in [2.45, 2.75) is 32.8 Å². The fraction of sp³-hybridized carbons (Fsp3) is 0.562. The molecule has 1 aromatic carbocycles. The van der Waals surface area contributed by atoms with Crippen molar-refractivity contribution in [2.24, 2.45) is 11.3 Å².